The van der Waals surface area contributed by atoms with E-state index in [2.05, 4.69) is 67.7 Å². The van der Waals surface area contributed by atoms with Crippen molar-refractivity contribution in [3.8, 4) is 0 Å². The summed E-state index contributed by atoms with van der Waals surface area (Å²) >= 11 is 0. The van der Waals surface area contributed by atoms with Crippen LogP contribution in [-0.4, -0.2) is 29.3 Å². The van der Waals surface area contributed by atoms with Crippen LogP contribution in [0.2, 0.25) is 0 Å². The monoisotopic (exact) mass is 532 g/mol. The third kappa shape index (κ3) is 8.16. The molecule has 0 aromatic heterocycles. The second kappa shape index (κ2) is 14.8. The normalized spacial score (nSPS) is 11.7. The Bertz CT molecular complexity index is 1280. The first-order valence-corrected chi connectivity index (χ1v) is 14.3. The highest BCUT2D eigenvalue weighted by Gasteiger charge is 2.32. The van der Waals surface area contributed by atoms with Gasteiger partial charge in [-0.05, 0) is 35.6 Å². The predicted molar refractivity (Wildman–Crippen MR) is 163 cm³/mol. The lowest BCUT2D eigenvalue weighted by molar-refractivity contribution is -0.141. The maximum Gasteiger partial charge on any atom is 0.243 e. The average Bonchev–Trinajstić information content (AvgIpc) is 3.00. The van der Waals surface area contributed by atoms with Crippen LogP contribution in [0.4, 0.5) is 0 Å². The molecular formula is C36H40N2O2. The van der Waals surface area contributed by atoms with Crippen molar-refractivity contribution >= 4 is 11.8 Å². The summed E-state index contributed by atoms with van der Waals surface area (Å²) in [6.07, 6.45) is 2.62. The van der Waals surface area contributed by atoms with Gasteiger partial charge in [0.15, 0.2) is 0 Å². The van der Waals surface area contributed by atoms with E-state index in [-0.39, 0.29) is 24.2 Å². The summed E-state index contributed by atoms with van der Waals surface area (Å²) in [5.74, 6) is -0.255. The van der Waals surface area contributed by atoms with Gasteiger partial charge in [-0.2, -0.15) is 0 Å². The summed E-state index contributed by atoms with van der Waals surface area (Å²) in [5.41, 5.74) is 5.37. The van der Waals surface area contributed by atoms with Crippen LogP contribution in [0.5, 0.6) is 0 Å². The molecular weight excluding hydrogens is 492 g/mol. The number of nitrogens with zero attached hydrogens (tertiary/aromatic N) is 1. The van der Waals surface area contributed by atoms with Crippen molar-refractivity contribution in [3.63, 3.8) is 0 Å². The zero-order valence-electron chi connectivity index (χ0n) is 23.6. The number of hydrogen-bond acceptors (Lipinski definition) is 2. The van der Waals surface area contributed by atoms with Crippen LogP contribution in [-0.2, 0) is 22.6 Å². The number of aryl methyl sites for hydroxylation is 1. The molecule has 0 bridgehead atoms. The number of unbranched alkanes of at least 4 members (excludes halogenated alkanes) is 1. The summed E-state index contributed by atoms with van der Waals surface area (Å²) in [6.45, 7) is 5.13. The largest absolute Gasteiger partial charge is 0.354 e. The summed E-state index contributed by atoms with van der Waals surface area (Å²) in [7, 11) is 0. The summed E-state index contributed by atoms with van der Waals surface area (Å²) in [5, 5.41) is 3.12. The molecule has 206 valence electrons. The fourth-order valence-electron chi connectivity index (χ4n) is 5.04. The minimum atomic E-state index is -0.625. The van der Waals surface area contributed by atoms with E-state index in [0.29, 0.717) is 19.5 Å². The number of rotatable bonds is 13. The molecule has 4 aromatic rings. The first kappa shape index (κ1) is 28.8. The number of carbonyl (C=O) groups excluding carboxylic acids is 2. The molecule has 1 N–H and O–H groups in total. The first-order chi connectivity index (χ1) is 19.5. The van der Waals surface area contributed by atoms with Crippen molar-refractivity contribution in [1.29, 1.82) is 0 Å². The molecule has 0 aliphatic rings. The lowest BCUT2D eigenvalue weighted by Crippen LogP contribution is -2.51. The van der Waals surface area contributed by atoms with Gasteiger partial charge in [0.25, 0.3) is 0 Å². The SMILES string of the molecule is CCCCNC(=O)[C@@H](Cc1ccccc1)N(Cc1ccc(C)cc1)C(=O)CC(c1ccccc1)c1ccccc1. The minimum Gasteiger partial charge on any atom is -0.354 e. The van der Waals surface area contributed by atoms with Crippen LogP contribution in [0.1, 0.15) is 59.9 Å². The van der Waals surface area contributed by atoms with Crippen LogP contribution >= 0.6 is 0 Å². The lowest BCUT2D eigenvalue weighted by atomic mass is 9.87. The smallest absolute Gasteiger partial charge is 0.243 e. The molecule has 0 aliphatic carbocycles. The van der Waals surface area contributed by atoms with E-state index >= 15 is 0 Å². The molecule has 0 aliphatic heterocycles. The Morgan fingerprint density at radius 1 is 0.725 bits per heavy atom. The third-order valence-electron chi connectivity index (χ3n) is 7.36. The van der Waals surface area contributed by atoms with Gasteiger partial charge in [0.05, 0.1) is 0 Å². The molecule has 1 atom stereocenters. The Kier molecular flexibility index (Phi) is 10.7. The van der Waals surface area contributed by atoms with E-state index in [1.165, 1.54) is 0 Å². The second-order valence-corrected chi connectivity index (χ2v) is 10.4. The van der Waals surface area contributed by atoms with Crippen LogP contribution in [0, 0.1) is 6.92 Å². The summed E-state index contributed by atoms with van der Waals surface area (Å²) in [6, 6.07) is 37.9. The molecule has 0 saturated heterocycles. The molecule has 0 saturated carbocycles. The van der Waals surface area contributed by atoms with Crippen LogP contribution in [0.25, 0.3) is 0 Å². The number of carbonyl (C=O) groups is 2. The zero-order chi connectivity index (χ0) is 28.2. The van der Waals surface area contributed by atoms with Gasteiger partial charge in [0.2, 0.25) is 11.8 Å². The molecule has 0 unspecified atom stereocenters. The maximum atomic E-state index is 14.4. The van der Waals surface area contributed by atoms with Gasteiger partial charge in [-0.15, -0.1) is 0 Å². The number of nitrogens with one attached hydrogen (secondary N) is 1. The molecule has 0 spiro atoms. The molecule has 4 nitrogen and oxygen atoms in total. The molecule has 4 heteroatoms. The molecule has 2 amide bonds. The van der Waals surface area contributed by atoms with Crippen molar-refractivity contribution in [2.75, 3.05) is 6.54 Å². The Morgan fingerprint density at radius 2 is 1.27 bits per heavy atom. The van der Waals surface area contributed by atoms with Crippen molar-refractivity contribution < 1.29 is 9.59 Å². The second-order valence-electron chi connectivity index (χ2n) is 10.4. The van der Waals surface area contributed by atoms with Crippen molar-refractivity contribution in [2.45, 2.75) is 58.0 Å². The molecule has 0 heterocycles. The standard InChI is InChI=1S/C36H40N2O2/c1-3-4-24-37-36(40)34(25-29-14-8-5-9-15-29)38(27-30-22-20-28(2)21-23-30)35(39)26-33(31-16-10-6-11-17-31)32-18-12-7-13-19-32/h5-23,33-34H,3-4,24-27H2,1-2H3,(H,37,40)/t34-/m1/s1. The van der Waals surface area contributed by atoms with Crippen LogP contribution < -0.4 is 5.32 Å². The topological polar surface area (TPSA) is 49.4 Å². The van der Waals surface area contributed by atoms with Gasteiger partial charge < -0.3 is 10.2 Å². The molecule has 4 aromatic carbocycles. The molecule has 0 fully saturated rings. The first-order valence-electron chi connectivity index (χ1n) is 14.3. The fraction of sp³-hybridized carbons (Fsp3) is 0.278. The fourth-order valence-corrected chi connectivity index (χ4v) is 5.04. The van der Waals surface area contributed by atoms with Gasteiger partial charge in [-0.25, -0.2) is 0 Å². The van der Waals surface area contributed by atoms with Crippen molar-refractivity contribution in [3.05, 3.63) is 143 Å². The Labute approximate surface area is 239 Å². The number of hydrogen-bond donors (Lipinski definition) is 1. The maximum absolute atomic E-state index is 14.4. The van der Waals surface area contributed by atoms with Gasteiger partial charge in [0.1, 0.15) is 6.04 Å². The van der Waals surface area contributed by atoms with E-state index in [0.717, 1.165) is 40.7 Å². The van der Waals surface area contributed by atoms with E-state index < -0.39 is 6.04 Å². The Balaban J connectivity index is 1.71. The highest BCUT2D eigenvalue weighted by Crippen LogP contribution is 2.30. The summed E-state index contributed by atoms with van der Waals surface area (Å²) < 4.78 is 0. The van der Waals surface area contributed by atoms with E-state index in [1.807, 2.05) is 66.7 Å². The van der Waals surface area contributed by atoms with E-state index in [9.17, 15) is 9.59 Å². The minimum absolute atomic E-state index is 0.0372. The van der Waals surface area contributed by atoms with Crippen LogP contribution in [0.3, 0.4) is 0 Å². The molecule has 0 radical (unpaired) electrons. The Hall–Kier alpha value is -4.18. The highest BCUT2D eigenvalue weighted by atomic mass is 16.2. The lowest BCUT2D eigenvalue weighted by Gasteiger charge is -2.33. The van der Waals surface area contributed by atoms with Crippen molar-refractivity contribution in [1.82, 2.24) is 10.2 Å². The molecule has 40 heavy (non-hydrogen) atoms. The predicted octanol–water partition coefficient (Wildman–Crippen LogP) is 7.07. The van der Waals surface area contributed by atoms with Crippen molar-refractivity contribution in [2.24, 2.45) is 0 Å². The quantitative estimate of drug-likeness (QED) is 0.187. The van der Waals surface area contributed by atoms with Gasteiger partial charge in [-0.1, -0.05) is 134 Å². The van der Waals surface area contributed by atoms with Gasteiger partial charge >= 0.3 is 0 Å². The van der Waals surface area contributed by atoms with Crippen LogP contribution in [0.15, 0.2) is 115 Å². The van der Waals surface area contributed by atoms with E-state index in [4.69, 9.17) is 0 Å². The summed E-state index contributed by atoms with van der Waals surface area (Å²) in [4.78, 5) is 29.9. The zero-order valence-corrected chi connectivity index (χ0v) is 23.6. The van der Waals surface area contributed by atoms with E-state index in [1.54, 1.807) is 4.90 Å². The average molecular weight is 533 g/mol. The molecule has 4 rings (SSSR count). The number of benzene rings is 4. The highest BCUT2D eigenvalue weighted by molar-refractivity contribution is 5.88. The third-order valence-corrected chi connectivity index (χ3v) is 7.36. The van der Waals surface area contributed by atoms with Gasteiger partial charge in [0, 0.05) is 31.8 Å². The number of amides is 2. The Morgan fingerprint density at radius 3 is 1.82 bits per heavy atom. The van der Waals surface area contributed by atoms with Gasteiger partial charge in [-0.3, -0.25) is 9.59 Å².